The smallest absolute Gasteiger partial charge is 0.387 e. The molecule has 0 spiro atoms. The molecule has 6 heteroatoms. The summed E-state index contributed by atoms with van der Waals surface area (Å²) < 4.78 is 54.1. The normalized spacial score (nSPS) is 10.7. The zero-order valence-electron chi connectivity index (χ0n) is 9.95. The van der Waals surface area contributed by atoms with Crippen LogP contribution in [-0.4, -0.2) is 12.4 Å². The lowest BCUT2D eigenvalue weighted by molar-refractivity contribution is -0.0498. The molecule has 2 nitrogen and oxygen atoms in total. The Hall–Kier alpha value is -2.37. The molecule has 0 aliphatic heterocycles. The summed E-state index contributed by atoms with van der Waals surface area (Å²) in [6.07, 6.45) is 0. The molecule has 0 atom stereocenters. The van der Waals surface area contributed by atoms with Crippen molar-refractivity contribution in [2.75, 3.05) is 0 Å². The van der Waals surface area contributed by atoms with Gasteiger partial charge in [-0.15, -0.1) is 0 Å². The summed E-state index contributed by atoms with van der Waals surface area (Å²) in [5, 5.41) is 0. The van der Waals surface area contributed by atoms with Gasteiger partial charge in [0.25, 0.3) is 0 Å². The predicted molar refractivity (Wildman–Crippen MR) is 62.9 cm³/mol. The number of alkyl halides is 2. The fraction of sp³-hybridized carbons (Fsp3) is 0.0714. The van der Waals surface area contributed by atoms with Crippen molar-refractivity contribution < 1.29 is 27.1 Å². The second-order valence-corrected chi connectivity index (χ2v) is 3.89. The average molecular weight is 284 g/mol. The number of carbonyl (C=O) groups excluding carboxylic acids is 1. The molecule has 20 heavy (non-hydrogen) atoms. The Balaban J connectivity index is 2.24. The Labute approximate surface area is 111 Å². The van der Waals surface area contributed by atoms with E-state index < -0.39 is 24.0 Å². The summed E-state index contributed by atoms with van der Waals surface area (Å²) in [6, 6.07) is 7.27. The van der Waals surface area contributed by atoms with Crippen LogP contribution in [0.15, 0.2) is 42.5 Å². The van der Waals surface area contributed by atoms with E-state index >= 15 is 0 Å². The number of halogens is 4. The zero-order chi connectivity index (χ0) is 14.7. The van der Waals surface area contributed by atoms with Crippen molar-refractivity contribution in [2.45, 2.75) is 6.61 Å². The number of ether oxygens (including phenoxy) is 1. The Bertz CT molecular complexity index is 603. The number of hydrogen-bond donors (Lipinski definition) is 0. The van der Waals surface area contributed by atoms with Crippen LogP contribution in [0.2, 0.25) is 0 Å². The molecule has 104 valence electrons. The first-order chi connectivity index (χ1) is 9.45. The molecule has 0 saturated carbocycles. The lowest BCUT2D eigenvalue weighted by Crippen LogP contribution is -2.04. The van der Waals surface area contributed by atoms with Gasteiger partial charge in [-0.1, -0.05) is 0 Å². The van der Waals surface area contributed by atoms with Crippen molar-refractivity contribution in [2.24, 2.45) is 0 Å². The summed E-state index contributed by atoms with van der Waals surface area (Å²) >= 11 is 0. The summed E-state index contributed by atoms with van der Waals surface area (Å²) in [6.45, 7) is -2.96. The molecule has 2 rings (SSSR count). The van der Waals surface area contributed by atoms with E-state index in [9.17, 15) is 22.4 Å². The minimum absolute atomic E-state index is 0.108. The average Bonchev–Trinajstić information content (AvgIpc) is 2.37. The molecule has 0 heterocycles. The van der Waals surface area contributed by atoms with E-state index in [1.165, 1.54) is 24.3 Å². The van der Waals surface area contributed by atoms with Crippen LogP contribution in [0, 0.1) is 11.6 Å². The molecule has 0 aliphatic carbocycles. The van der Waals surface area contributed by atoms with Gasteiger partial charge in [0.2, 0.25) is 0 Å². The number of ketones is 1. The molecule has 0 N–H and O–H groups in total. The third-order valence-corrected chi connectivity index (χ3v) is 2.47. The van der Waals surface area contributed by atoms with Crippen LogP contribution >= 0.6 is 0 Å². The monoisotopic (exact) mass is 284 g/mol. The van der Waals surface area contributed by atoms with Crippen molar-refractivity contribution in [3.63, 3.8) is 0 Å². The highest BCUT2D eigenvalue weighted by molar-refractivity contribution is 6.09. The largest absolute Gasteiger partial charge is 0.435 e. The van der Waals surface area contributed by atoms with Gasteiger partial charge < -0.3 is 4.74 Å². The van der Waals surface area contributed by atoms with Crippen LogP contribution in [0.1, 0.15) is 15.9 Å². The maximum absolute atomic E-state index is 13.0. The van der Waals surface area contributed by atoms with Gasteiger partial charge in [-0.3, -0.25) is 4.79 Å². The third-order valence-electron chi connectivity index (χ3n) is 2.47. The second kappa shape index (κ2) is 5.73. The highest BCUT2D eigenvalue weighted by Crippen LogP contribution is 2.18. The highest BCUT2D eigenvalue weighted by atomic mass is 19.3. The standard InChI is InChI=1S/C14H8F4O2/c15-10-5-9(6-11(16)7-10)13(19)8-1-3-12(4-2-8)20-14(17)18/h1-7,14H. The van der Waals surface area contributed by atoms with E-state index in [1.807, 2.05) is 0 Å². The van der Waals surface area contributed by atoms with E-state index in [0.717, 1.165) is 12.1 Å². The fourth-order valence-corrected chi connectivity index (χ4v) is 1.64. The molecule has 0 aliphatic rings. The Morgan fingerprint density at radius 3 is 1.95 bits per heavy atom. The predicted octanol–water partition coefficient (Wildman–Crippen LogP) is 3.80. The van der Waals surface area contributed by atoms with Crippen LogP contribution in [0.5, 0.6) is 5.75 Å². The Morgan fingerprint density at radius 2 is 1.45 bits per heavy atom. The first kappa shape index (κ1) is 14.0. The van der Waals surface area contributed by atoms with Crippen LogP contribution < -0.4 is 4.74 Å². The maximum Gasteiger partial charge on any atom is 0.387 e. The Morgan fingerprint density at radius 1 is 0.900 bits per heavy atom. The third kappa shape index (κ3) is 3.34. The van der Waals surface area contributed by atoms with Crippen LogP contribution in [0.25, 0.3) is 0 Å². The molecule has 2 aromatic rings. The van der Waals surface area contributed by atoms with Gasteiger partial charge in [-0.05, 0) is 36.4 Å². The SMILES string of the molecule is O=C(c1ccc(OC(F)F)cc1)c1cc(F)cc(F)c1. The Kier molecular flexibility index (Phi) is 4.02. The number of carbonyl (C=O) groups is 1. The van der Waals surface area contributed by atoms with Gasteiger partial charge in [-0.25, -0.2) is 8.78 Å². The molecular formula is C14H8F4O2. The maximum atomic E-state index is 13.0. The minimum Gasteiger partial charge on any atom is -0.435 e. The van der Waals surface area contributed by atoms with Crippen LogP contribution in [-0.2, 0) is 0 Å². The summed E-state index contributed by atoms with van der Waals surface area (Å²) in [7, 11) is 0. The lowest BCUT2D eigenvalue weighted by Gasteiger charge is -2.06. The van der Waals surface area contributed by atoms with Gasteiger partial charge in [0.05, 0.1) is 0 Å². The van der Waals surface area contributed by atoms with E-state index in [1.54, 1.807) is 0 Å². The van der Waals surface area contributed by atoms with Crippen LogP contribution in [0.3, 0.4) is 0 Å². The zero-order valence-corrected chi connectivity index (χ0v) is 9.95. The lowest BCUT2D eigenvalue weighted by atomic mass is 10.0. The number of hydrogen-bond acceptors (Lipinski definition) is 2. The molecular weight excluding hydrogens is 276 g/mol. The van der Waals surface area contributed by atoms with Crippen molar-refractivity contribution >= 4 is 5.78 Å². The van der Waals surface area contributed by atoms with Crippen molar-refractivity contribution in [1.29, 1.82) is 0 Å². The van der Waals surface area contributed by atoms with E-state index in [2.05, 4.69) is 4.74 Å². The first-order valence-corrected chi connectivity index (χ1v) is 5.51. The summed E-state index contributed by atoms with van der Waals surface area (Å²) in [4.78, 5) is 12.0. The fourth-order valence-electron chi connectivity index (χ4n) is 1.64. The molecule has 0 radical (unpaired) electrons. The van der Waals surface area contributed by atoms with Crippen molar-refractivity contribution in [3.8, 4) is 5.75 Å². The number of rotatable bonds is 4. The molecule has 0 aromatic heterocycles. The molecule has 0 bridgehead atoms. The van der Waals surface area contributed by atoms with Gasteiger partial charge in [0.15, 0.2) is 5.78 Å². The van der Waals surface area contributed by atoms with E-state index in [0.29, 0.717) is 6.07 Å². The van der Waals surface area contributed by atoms with Gasteiger partial charge >= 0.3 is 6.61 Å². The molecule has 2 aromatic carbocycles. The minimum atomic E-state index is -2.96. The van der Waals surface area contributed by atoms with E-state index in [4.69, 9.17) is 0 Å². The topological polar surface area (TPSA) is 26.3 Å². The van der Waals surface area contributed by atoms with Gasteiger partial charge in [0.1, 0.15) is 17.4 Å². The van der Waals surface area contributed by atoms with Crippen molar-refractivity contribution in [3.05, 3.63) is 65.2 Å². The molecule has 0 saturated heterocycles. The second-order valence-electron chi connectivity index (χ2n) is 3.89. The summed E-state index contributed by atoms with van der Waals surface area (Å²) in [5.74, 6) is -2.47. The quantitative estimate of drug-likeness (QED) is 0.630. The highest BCUT2D eigenvalue weighted by Gasteiger charge is 2.12. The summed E-state index contributed by atoms with van der Waals surface area (Å²) in [5.41, 5.74) is -0.0540. The first-order valence-electron chi connectivity index (χ1n) is 5.51. The number of benzene rings is 2. The van der Waals surface area contributed by atoms with Gasteiger partial charge in [0, 0.05) is 17.2 Å². The van der Waals surface area contributed by atoms with Crippen LogP contribution in [0.4, 0.5) is 17.6 Å². The van der Waals surface area contributed by atoms with E-state index in [-0.39, 0.29) is 16.9 Å². The molecule has 0 unspecified atom stereocenters. The molecule has 0 fully saturated rings. The molecule has 0 amide bonds. The van der Waals surface area contributed by atoms with Gasteiger partial charge in [-0.2, -0.15) is 8.78 Å². The van der Waals surface area contributed by atoms with Crippen molar-refractivity contribution in [1.82, 2.24) is 0 Å².